The van der Waals surface area contributed by atoms with E-state index in [1.165, 1.54) is 6.07 Å². The van der Waals surface area contributed by atoms with E-state index < -0.39 is 0 Å². The first-order valence-corrected chi connectivity index (χ1v) is 9.67. The van der Waals surface area contributed by atoms with Crippen LogP contribution in [0.5, 0.6) is 0 Å². The molecule has 0 aliphatic carbocycles. The minimum Gasteiger partial charge on any atom is -0.372 e. The minimum absolute atomic E-state index is 0.120. The molecule has 0 atom stereocenters. The Balaban J connectivity index is 1.70. The highest BCUT2D eigenvalue weighted by Gasteiger charge is 2.22. The van der Waals surface area contributed by atoms with Crippen LogP contribution in [0.25, 0.3) is 0 Å². The Morgan fingerprint density at radius 2 is 2.04 bits per heavy atom. The van der Waals surface area contributed by atoms with Gasteiger partial charge in [0.25, 0.3) is 0 Å². The first-order chi connectivity index (χ1) is 13.0. The quantitative estimate of drug-likeness (QED) is 0.434. The van der Waals surface area contributed by atoms with Gasteiger partial charge in [-0.1, -0.05) is 12.1 Å². The Labute approximate surface area is 161 Å². The number of hydrogen-bond donors (Lipinski definition) is 2. The van der Waals surface area contributed by atoms with E-state index in [2.05, 4.69) is 20.5 Å². The van der Waals surface area contributed by atoms with Crippen LogP contribution in [0, 0.1) is 11.7 Å². The van der Waals surface area contributed by atoms with E-state index in [1.54, 1.807) is 26.2 Å². The molecule has 1 aliphatic rings. The standard InChI is InChI=1S/C20H32FN5O/c1-22-19(27)15-16-9-13-26(14-10-16)20(23-2)24-11-6-12-25(3)18-8-5-4-7-17(18)21/h4-5,7-8,16H,6,9-15H2,1-3H3,(H,22,27)(H,23,24). The number of carbonyl (C=O) groups is 1. The van der Waals surface area contributed by atoms with Crippen LogP contribution in [-0.4, -0.2) is 64.1 Å². The Hall–Kier alpha value is -2.31. The molecule has 0 saturated carbocycles. The van der Waals surface area contributed by atoms with E-state index in [9.17, 15) is 9.18 Å². The molecule has 0 unspecified atom stereocenters. The van der Waals surface area contributed by atoms with Crippen molar-refractivity contribution >= 4 is 17.6 Å². The lowest BCUT2D eigenvalue weighted by Gasteiger charge is -2.34. The first kappa shape index (κ1) is 21.0. The summed E-state index contributed by atoms with van der Waals surface area (Å²) in [6, 6.07) is 6.84. The molecule has 1 amide bonds. The minimum atomic E-state index is -0.191. The molecule has 1 aromatic rings. The summed E-state index contributed by atoms with van der Waals surface area (Å²) in [7, 11) is 5.39. The zero-order chi connectivity index (χ0) is 19.6. The van der Waals surface area contributed by atoms with Crippen LogP contribution in [0.2, 0.25) is 0 Å². The molecule has 7 heteroatoms. The highest BCUT2D eigenvalue weighted by Crippen LogP contribution is 2.20. The maximum atomic E-state index is 13.8. The molecular weight excluding hydrogens is 345 g/mol. The van der Waals surface area contributed by atoms with Crippen molar-refractivity contribution in [3.05, 3.63) is 30.1 Å². The van der Waals surface area contributed by atoms with Gasteiger partial charge in [-0.3, -0.25) is 9.79 Å². The summed E-state index contributed by atoms with van der Waals surface area (Å²) in [6.45, 7) is 3.37. The van der Waals surface area contributed by atoms with Crippen molar-refractivity contribution in [3.63, 3.8) is 0 Å². The highest BCUT2D eigenvalue weighted by atomic mass is 19.1. The Kier molecular flexibility index (Phi) is 8.36. The number of likely N-dealkylation sites (tertiary alicyclic amines) is 1. The second-order valence-electron chi connectivity index (χ2n) is 7.01. The van der Waals surface area contributed by atoms with E-state index in [0.29, 0.717) is 18.0 Å². The second-order valence-corrected chi connectivity index (χ2v) is 7.01. The molecule has 6 nitrogen and oxygen atoms in total. The lowest BCUT2D eigenvalue weighted by Crippen LogP contribution is -2.46. The van der Waals surface area contributed by atoms with Crippen LogP contribution < -0.4 is 15.5 Å². The van der Waals surface area contributed by atoms with Crippen molar-refractivity contribution in [2.45, 2.75) is 25.7 Å². The number of anilines is 1. The fourth-order valence-corrected chi connectivity index (χ4v) is 3.44. The van der Waals surface area contributed by atoms with Gasteiger partial charge in [0.1, 0.15) is 5.82 Å². The van der Waals surface area contributed by atoms with Crippen molar-refractivity contribution in [2.24, 2.45) is 10.9 Å². The molecule has 2 N–H and O–H groups in total. The van der Waals surface area contributed by atoms with Crippen molar-refractivity contribution in [3.8, 4) is 0 Å². The number of aliphatic imine (C=N–C) groups is 1. The second kappa shape index (κ2) is 10.7. The summed E-state index contributed by atoms with van der Waals surface area (Å²) in [5.41, 5.74) is 0.625. The molecule has 1 aromatic carbocycles. The lowest BCUT2D eigenvalue weighted by molar-refractivity contribution is -0.121. The zero-order valence-corrected chi connectivity index (χ0v) is 16.7. The van der Waals surface area contributed by atoms with Crippen LogP contribution in [0.3, 0.4) is 0 Å². The van der Waals surface area contributed by atoms with Gasteiger partial charge in [-0.2, -0.15) is 0 Å². The number of halogens is 1. The van der Waals surface area contributed by atoms with E-state index in [0.717, 1.165) is 51.4 Å². The molecule has 0 bridgehead atoms. The normalized spacial score (nSPS) is 15.6. The molecule has 2 rings (SSSR count). The molecule has 0 aromatic heterocycles. The van der Waals surface area contributed by atoms with Crippen LogP contribution in [0.1, 0.15) is 25.7 Å². The van der Waals surface area contributed by atoms with Gasteiger partial charge in [-0.25, -0.2) is 4.39 Å². The number of guanidine groups is 1. The van der Waals surface area contributed by atoms with Gasteiger partial charge in [-0.15, -0.1) is 0 Å². The third kappa shape index (κ3) is 6.41. The summed E-state index contributed by atoms with van der Waals surface area (Å²) in [5, 5.41) is 6.10. The lowest BCUT2D eigenvalue weighted by atomic mass is 9.93. The van der Waals surface area contributed by atoms with E-state index in [1.807, 2.05) is 18.0 Å². The number of hydrogen-bond acceptors (Lipinski definition) is 3. The monoisotopic (exact) mass is 377 g/mol. The third-order valence-electron chi connectivity index (χ3n) is 5.10. The molecule has 150 valence electrons. The largest absolute Gasteiger partial charge is 0.372 e. The Bertz CT molecular complexity index is 629. The highest BCUT2D eigenvalue weighted by molar-refractivity contribution is 5.80. The maximum Gasteiger partial charge on any atom is 0.220 e. The van der Waals surface area contributed by atoms with Crippen molar-refractivity contribution in [1.82, 2.24) is 15.5 Å². The topological polar surface area (TPSA) is 60.0 Å². The van der Waals surface area contributed by atoms with E-state index in [4.69, 9.17) is 0 Å². The molecule has 1 aliphatic heterocycles. The van der Waals surface area contributed by atoms with Gasteiger partial charge in [-0.05, 0) is 37.3 Å². The summed E-state index contributed by atoms with van der Waals surface area (Å²) >= 11 is 0. The maximum absolute atomic E-state index is 13.8. The van der Waals surface area contributed by atoms with Gasteiger partial charge in [0.2, 0.25) is 5.91 Å². The van der Waals surface area contributed by atoms with E-state index in [-0.39, 0.29) is 11.7 Å². The average molecular weight is 378 g/mol. The summed E-state index contributed by atoms with van der Waals surface area (Å²) in [4.78, 5) is 20.1. The predicted molar refractivity (Wildman–Crippen MR) is 109 cm³/mol. The fourth-order valence-electron chi connectivity index (χ4n) is 3.44. The molecule has 0 radical (unpaired) electrons. The van der Waals surface area contributed by atoms with E-state index >= 15 is 0 Å². The van der Waals surface area contributed by atoms with Crippen LogP contribution in [-0.2, 0) is 4.79 Å². The van der Waals surface area contributed by atoms with Gasteiger partial charge in [0, 0.05) is 53.7 Å². The number of amides is 1. The Morgan fingerprint density at radius 3 is 2.67 bits per heavy atom. The van der Waals surface area contributed by atoms with Gasteiger partial charge < -0.3 is 20.4 Å². The molecule has 1 fully saturated rings. The molecule has 27 heavy (non-hydrogen) atoms. The van der Waals surface area contributed by atoms with Crippen molar-refractivity contribution in [1.29, 1.82) is 0 Å². The molecule has 1 saturated heterocycles. The van der Waals surface area contributed by atoms with Gasteiger partial charge >= 0.3 is 0 Å². The number of nitrogens with one attached hydrogen (secondary N) is 2. The van der Waals surface area contributed by atoms with Crippen molar-refractivity contribution in [2.75, 3.05) is 52.2 Å². The SMILES string of the molecule is CN=C(NCCCN(C)c1ccccc1F)N1CCC(CC(=O)NC)CC1. The van der Waals surface area contributed by atoms with Crippen molar-refractivity contribution < 1.29 is 9.18 Å². The summed E-state index contributed by atoms with van der Waals surface area (Å²) in [5.74, 6) is 1.29. The predicted octanol–water partition coefficient (Wildman–Crippen LogP) is 2.08. The number of carbonyl (C=O) groups excluding carboxylic acids is 1. The van der Waals surface area contributed by atoms with Gasteiger partial charge in [0.05, 0.1) is 5.69 Å². The summed E-state index contributed by atoms with van der Waals surface area (Å²) < 4.78 is 13.8. The third-order valence-corrected chi connectivity index (χ3v) is 5.10. The number of rotatable bonds is 7. The summed E-state index contributed by atoms with van der Waals surface area (Å²) in [6.07, 6.45) is 3.50. The van der Waals surface area contributed by atoms with Crippen LogP contribution in [0.15, 0.2) is 29.3 Å². The Morgan fingerprint density at radius 1 is 1.33 bits per heavy atom. The zero-order valence-electron chi connectivity index (χ0n) is 16.7. The fraction of sp³-hybridized carbons (Fsp3) is 0.600. The smallest absolute Gasteiger partial charge is 0.220 e. The molecule has 0 spiro atoms. The van der Waals surface area contributed by atoms with Gasteiger partial charge in [0.15, 0.2) is 5.96 Å². The molecular formula is C20H32FN5O. The number of piperidine rings is 1. The number of nitrogens with zero attached hydrogens (tertiary/aromatic N) is 3. The average Bonchev–Trinajstić information content (AvgIpc) is 2.69. The first-order valence-electron chi connectivity index (χ1n) is 9.67. The van der Waals surface area contributed by atoms with Crippen LogP contribution in [0.4, 0.5) is 10.1 Å². The molecule has 1 heterocycles. The van der Waals surface area contributed by atoms with Crippen LogP contribution >= 0.6 is 0 Å². The number of para-hydroxylation sites is 1. The number of benzene rings is 1.